The fourth-order valence-corrected chi connectivity index (χ4v) is 3.96. The van der Waals surface area contributed by atoms with Gasteiger partial charge in [-0.15, -0.1) is 11.3 Å². The van der Waals surface area contributed by atoms with E-state index in [1.54, 1.807) is 12.1 Å². The number of halogens is 1. The molecule has 5 heteroatoms. The van der Waals surface area contributed by atoms with E-state index in [1.165, 1.54) is 23.0 Å². The molecule has 3 rings (SSSR count). The van der Waals surface area contributed by atoms with Gasteiger partial charge in [-0.2, -0.15) is 0 Å². The summed E-state index contributed by atoms with van der Waals surface area (Å²) < 4.78 is 14.0. The van der Waals surface area contributed by atoms with E-state index in [9.17, 15) is 14.6 Å². The van der Waals surface area contributed by atoms with Crippen molar-refractivity contribution in [1.29, 1.82) is 0 Å². The second-order valence-electron chi connectivity index (χ2n) is 6.05. The highest BCUT2D eigenvalue weighted by molar-refractivity contribution is 7.15. The Hall–Kier alpha value is -2.11. The van der Waals surface area contributed by atoms with Crippen molar-refractivity contribution in [3.8, 4) is 16.2 Å². The zero-order valence-corrected chi connectivity index (χ0v) is 14.3. The summed E-state index contributed by atoms with van der Waals surface area (Å²) in [4.78, 5) is 4.12. The molecule has 126 valence electrons. The van der Waals surface area contributed by atoms with E-state index < -0.39 is 5.82 Å². The molecule has 0 spiro atoms. The van der Waals surface area contributed by atoms with Crippen molar-refractivity contribution < 1.29 is 14.6 Å². The number of thiophene rings is 1. The molecule has 1 aliphatic rings. The van der Waals surface area contributed by atoms with Crippen LogP contribution in [0, 0.1) is 5.82 Å². The van der Waals surface area contributed by atoms with Crippen LogP contribution in [0.5, 0.6) is 5.75 Å². The number of benzene rings is 1. The van der Waals surface area contributed by atoms with Gasteiger partial charge in [0, 0.05) is 28.4 Å². The van der Waals surface area contributed by atoms with Crippen LogP contribution in [0.3, 0.4) is 0 Å². The molecule has 0 aliphatic heterocycles. The van der Waals surface area contributed by atoms with Crippen LogP contribution >= 0.6 is 11.3 Å². The fraction of sp³-hybridized carbons (Fsp3) is 0.263. The van der Waals surface area contributed by atoms with E-state index in [0.717, 1.165) is 35.7 Å². The standard InChI is InChI=1S/C19H20FNO2S/c1-21(11-13-4-2-5-14(22)10-13)12-15-8-9-18(24-15)16-6-3-7-17(23)19(16)20/h3,5-10,22-23H,2,4,11-12H2,1H3. The normalized spacial score (nSPS) is 14.6. The van der Waals surface area contributed by atoms with Crippen molar-refractivity contribution in [2.45, 2.75) is 19.4 Å². The number of phenols is 1. The Morgan fingerprint density at radius 3 is 2.79 bits per heavy atom. The van der Waals surface area contributed by atoms with Crippen LogP contribution in [0.1, 0.15) is 17.7 Å². The topological polar surface area (TPSA) is 43.7 Å². The van der Waals surface area contributed by atoms with Gasteiger partial charge >= 0.3 is 0 Å². The summed E-state index contributed by atoms with van der Waals surface area (Å²) in [5.74, 6) is -0.548. The van der Waals surface area contributed by atoms with E-state index in [2.05, 4.69) is 4.90 Å². The zero-order chi connectivity index (χ0) is 17.1. The Balaban J connectivity index is 1.68. The van der Waals surface area contributed by atoms with Gasteiger partial charge in [-0.3, -0.25) is 4.90 Å². The third kappa shape index (κ3) is 3.86. The Morgan fingerprint density at radius 2 is 2.00 bits per heavy atom. The van der Waals surface area contributed by atoms with Gasteiger partial charge in [0.2, 0.25) is 0 Å². The van der Waals surface area contributed by atoms with Gasteiger partial charge in [-0.1, -0.05) is 17.7 Å². The second kappa shape index (κ2) is 7.20. The molecule has 3 nitrogen and oxygen atoms in total. The molecule has 0 unspecified atom stereocenters. The smallest absolute Gasteiger partial charge is 0.173 e. The summed E-state index contributed by atoms with van der Waals surface area (Å²) in [7, 11) is 2.03. The Morgan fingerprint density at radius 1 is 1.17 bits per heavy atom. The lowest BCUT2D eigenvalue weighted by Crippen LogP contribution is -2.20. The minimum atomic E-state index is -0.575. The summed E-state index contributed by atoms with van der Waals surface area (Å²) in [6.45, 7) is 1.55. The second-order valence-corrected chi connectivity index (χ2v) is 7.22. The lowest BCUT2D eigenvalue weighted by atomic mass is 10.0. The van der Waals surface area contributed by atoms with E-state index >= 15 is 0 Å². The highest BCUT2D eigenvalue weighted by Gasteiger charge is 2.13. The quantitative estimate of drug-likeness (QED) is 0.814. The monoisotopic (exact) mass is 345 g/mol. The number of aromatic hydroxyl groups is 1. The number of rotatable bonds is 5. The molecule has 2 aromatic rings. The molecular formula is C19H20FNO2S. The van der Waals surface area contributed by atoms with Crippen LogP contribution in [-0.2, 0) is 6.54 Å². The first-order valence-corrected chi connectivity index (χ1v) is 8.68. The van der Waals surface area contributed by atoms with Gasteiger partial charge in [-0.25, -0.2) is 4.39 Å². The number of hydrogen-bond donors (Lipinski definition) is 2. The maximum absolute atomic E-state index is 14.0. The van der Waals surface area contributed by atoms with Crippen molar-refractivity contribution in [3.63, 3.8) is 0 Å². The first kappa shape index (κ1) is 16.7. The van der Waals surface area contributed by atoms with Crippen molar-refractivity contribution in [2.75, 3.05) is 13.6 Å². The van der Waals surface area contributed by atoms with E-state index in [4.69, 9.17) is 0 Å². The summed E-state index contributed by atoms with van der Waals surface area (Å²) in [5, 5.41) is 19.1. The third-order valence-electron chi connectivity index (χ3n) is 3.98. The summed E-state index contributed by atoms with van der Waals surface area (Å²) in [6.07, 6.45) is 5.52. The number of allylic oxidation sites excluding steroid dienone is 2. The minimum absolute atomic E-state index is 0.323. The van der Waals surface area contributed by atoms with Crippen molar-refractivity contribution >= 4 is 11.3 Å². The highest BCUT2D eigenvalue weighted by atomic mass is 32.1. The fourth-order valence-electron chi connectivity index (χ4n) is 2.86. The molecule has 1 aromatic carbocycles. The predicted octanol–water partition coefficient (Wildman–Crippen LogP) is 4.85. The molecule has 0 amide bonds. The van der Waals surface area contributed by atoms with Gasteiger partial charge in [0.15, 0.2) is 11.6 Å². The van der Waals surface area contributed by atoms with E-state index in [1.807, 2.05) is 31.3 Å². The van der Waals surface area contributed by atoms with Crippen LogP contribution in [-0.4, -0.2) is 28.7 Å². The number of aliphatic hydroxyl groups is 1. The van der Waals surface area contributed by atoms with Gasteiger partial charge in [0.05, 0.1) is 0 Å². The van der Waals surface area contributed by atoms with Crippen molar-refractivity contribution in [1.82, 2.24) is 4.90 Å². The van der Waals surface area contributed by atoms with Crippen LogP contribution in [0.15, 0.2) is 53.8 Å². The van der Waals surface area contributed by atoms with E-state index in [-0.39, 0.29) is 5.75 Å². The number of likely N-dealkylation sites (N-methyl/N-ethyl adjacent to an activating group) is 1. The van der Waals surface area contributed by atoms with Crippen LogP contribution in [0.4, 0.5) is 4.39 Å². The summed E-state index contributed by atoms with van der Waals surface area (Å²) >= 11 is 1.53. The zero-order valence-electron chi connectivity index (χ0n) is 13.5. The third-order valence-corrected chi connectivity index (χ3v) is 5.08. The first-order chi connectivity index (χ1) is 11.5. The molecule has 0 atom stereocenters. The predicted molar refractivity (Wildman–Crippen MR) is 95.7 cm³/mol. The average molecular weight is 345 g/mol. The first-order valence-electron chi connectivity index (χ1n) is 7.86. The number of aliphatic hydroxyl groups excluding tert-OH is 1. The molecule has 1 heterocycles. The van der Waals surface area contributed by atoms with Crippen LogP contribution in [0.25, 0.3) is 10.4 Å². The lowest BCUT2D eigenvalue weighted by molar-refractivity contribution is 0.351. The molecule has 0 fully saturated rings. The maximum atomic E-state index is 14.0. The maximum Gasteiger partial charge on any atom is 0.173 e. The molecule has 0 saturated heterocycles. The number of hydrogen-bond acceptors (Lipinski definition) is 4. The SMILES string of the molecule is CN(CC1=CC(O)=CCC1)Cc1ccc(-c2cccc(O)c2F)s1. The molecular weight excluding hydrogens is 325 g/mol. The van der Waals surface area contributed by atoms with Gasteiger partial charge in [-0.05, 0) is 50.2 Å². The summed E-state index contributed by atoms with van der Waals surface area (Å²) in [5.41, 5.74) is 1.65. The molecule has 1 aliphatic carbocycles. The molecule has 0 radical (unpaired) electrons. The number of phenolic OH excluding ortho intramolecular Hbond substituents is 1. The molecule has 1 aromatic heterocycles. The van der Waals surface area contributed by atoms with Crippen molar-refractivity contribution in [3.05, 3.63) is 64.5 Å². The summed E-state index contributed by atoms with van der Waals surface area (Å²) in [6, 6.07) is 8.56. The van der Waals surface area contributed by atoms with Crippen LogP contribution in [0.2, 0.25) is 0 Å². The Labute approximate surface area is 145 Å². The average Bonchev–Trinajstić information content (AvgIpc) is 2.98. The highest BCUT2D eigenvalue weighted by Crippen LogP contribution is 2.33. The largest absolute Gasteiger partial charge is 0.508 e. The lowest BCUT2D eigenvalue weighted by Gasteiger charge is -2.19. The number of nitrogens with zero attached hydrogens (tertiary/aromatic N) is 1. The van der Waals surface area contributed by atoms with Gasteiger partial charge < -0.3 is 10.2 Å². The minimum Gasteiger partial charge on any atom is -0.508 e. The molecule has 2 N–H and O–H groups in total. The van der Waals surface area contributed by atoms with Crippen molar-refractivity contribution in [2.24, 2.45) is 0 Å². The van der Waals surface area contributed by atoms with Gasteiger partial charge in [0.1, 0.15) is 5.76 Å². The molecule has 0 saturated carbocycles. The Kier molecular flexibility index (Phi) is 5.02. The Bertz CT molecular complexity index is 794. The molecule has 24 heavy (non-hydrogen) atoms. The van der Waals surface area contributed by atoms with Crippen LogP contribution < -0.4 is 0 Å². The van der Waals surface area contributed by atoms with Gasteiger partial charge in [0.25, 0.3) is 0 Å². The van der Waals surface area contributed by atoms with E-state index in [0.29, 0.717) is 11.3 Å². The molecule has 0 bridgehead atoms.